The molecule has 1 aromatic rings. The molecule has 0 N–H and O–H groups in total. The van der Waals surface area contributed by atoms with Gasteiger partial charge in [-0.3, -0.25) is 0 Å². The van der Waals surface area contributed by atoms with Crippen LogP contribution in [0.4, 0.5) is 0 Å². The van der Waals surface area contributed by atoms with Crippen molar-refractivity contribution in [2.75, 3.05) is 7.11 Å². The lowest BCUT2D eigenvalue weighted by Crippen LogP contribution is -2.05. The Kier molecular flexibility index (Phi) is 12.9. The Morgan fingerprint density at radius 3 is 1.29 bits per heavy atom. The van der Waals surface area contributed by atoms with Gasteiger partial charge in [0.25, 0.3) is 0 Å². The number of methoxy groups -OCH3 is 1. The highest BCUT2D eigenvalue weighted by atomic mass is 16.5. The molecule has 6 rings (SSSR count). The van der Waals surface area contributed by atoms with Crippen molar-refractivity contribution in [3.05, 3.63) is 124 Å². The predicted molar refractivity (Wildman–Crippen MR) is 218 cm³/mol. The van der Waals surface area contributed by atoms with Gasteiger partial charge in [0.1, 0.15) is 0 Å². The summed E-state index contributed by atoms with van der Waals surface area (Å²) in [5.41, 5.74) is 13.7. The summed E-state index contributed by atoms with van der Waals surface area (Å²) >= 11 is 0. The van der Waals surface area contributed by atoms with Crippen LogP contribution in [-0.2, 0) is 4.74 Å². The molecule has 0 radical (unpaired) electrons. The fourth-order valence-electron chi connectivity index (χ4n) is 7.40. The van der Waals surface area contributed by atoms with E-state index in [1.165, 1.54) is 81.6 Å². The van der Waals surface area contributed by atoms with E-state index < -0.39 is 0 Å². The van der Waals surface area contributed by atoms with E-state index in [4.69, 9.17) is 24.7 Å². The summed E-state index contributed by atoms with van der Waals surface area (Å²) < 4.78 is 4.99. The van der Waals surface area contributed by atoms with Crippen LogP contribution in [0, 0.1) is 0 Å². The summed E-state index contributed by atoms with van der Waals surface area (Å²) in [5, 5.41) is 0. The molecule has 8 bridgehead atoms. The number of benzene rings is 1. The molecule has 0 saturated carbocycles. The summed E-state index contributed by atoms with van der Waals surface area (Å²) in [6, 6.07) is 7.58. The van der Waals surface area contributed by atoms with Gasteiger partial charge in [-0.2, -0.15) is 0 Å². The summed E-state index contributed by atoms with van der Waals surface area (Å²) in [6.45, 7) is 6.77. The normalized spacial score (nSPS) is 17.5. The molecule has 0 spiro atoms. The third-order valence-electron chi connectivity index (χ3n) is 10.4. The van der Waals surface area contributed by atoms with Crippen molar-refractivity contribution in [2.24, 2.45) is 20.0 Å². The van der Waals surface area contributed by atoms with E-state index in [2.05, 4.69) is 69.4 Å². The number of hydrogen-bond acceptors (Lipinski definition) is 6. The predicted octanol–water partition coefficient (Wildman–Crippen LogP) is 11.9. The monoisotopic (exact) mass is 694 g/mol. The molecule has 5 aliphatic heterocycles. The number of rotatable bonds is 17. The molecule has 0 atom stereocenters. The molecule has 0 saturated heterocycles. The van der Waals surface area contributed by atoms with Crippen molar-refractivity contribution in [3.63, 3.8) is 0 Å². The number of carbonyl (C=O) groups is 1. The third-order valence-corrected chi connectivity index (χ3v) is 10.4. The lowest BCUT2D eigenvalue weighted by molar-refractivity contribution is 0.0600. The Labute approximate surface area is 310 Å². The Hall–Kier alpha value is -4.71. The minimum absolute atomic E-state index is 0.355. The molecular formula is C46H54N4O2. The highest BCUT2D eigenvalue weighted by Crippen LogP contribution is 2.36. The van der Waals surface area contributed by atoms with Gasteiger partial charge in [-0.15, -0.1) is 0 Å². The molecule has 0 aliphatic carbocycles. The first-order chi connectivity index (χ1) is 25.5. The summed E-state index contributed by atoms with van der Waals surface area (Å²) in [5.74, 6) is -0.355. The first-order valence-corrected chi connectivity index (χ1v) is 19.8. The quantitative estimate of drug-likeness (QED) is 0.120. The number of ether oxygens (including phenoxy) is 1. The second-order valence-corrected chi connectivity index (χ2v) is 14.2. The van der Waals surface area contributed by atoms with Crippen LogP contribution in [0.5, 0.6) is 0 Å². The molecular weight excluding hydrogens is 641 g/mol. The number of unbranched alkanes of at least 4 members (excludes halogenated alkanes) is 9. The highest BCUT2D eigenvalue weighted by Gasteiger charge is 2.26. The van der Waals surface area contributed by atoms with Crippen molar-refractivity contribution < 1.29 is 9.53 Å². The van der Waals surface area contributed by atoms with Gasteiger partial charge in [0.05, 0.1) is 58.3 Å². The SMILES string of the molecule is CCCCCCC1=C2C=CC(=N2)C(CCCCCC)=C2C=CC(=N2)C(c2ccc(C(=O)OC)cc2)=C2C=CC(=N2)C(CCCCCC)=C2C=CC1=N2. The fourth-order valence-corrected chi connectivity index (χ4v) is 7.40. The topological polar surface area (TPSA) is 75.7 Å². The van der Waals surface area contributed by atoms with E-state index in [-0.39, 0.29) is 5.97 Å². The molecule has 0 amide bonds. The van der Waals surface area contributed by atoms with Gasteiger partial charge in [-0.1, -0.05) is 90.7 Å². The maximum absolute atomic E-state index is 12.3. The standard InChI is InChI=1S/C46H54N4O2/c1-5-8-11-14-17-34-37-24-26-39(47-37)35(18-15-12-9-6-2)41-28-30-43(49-41)45(32-20-22-33(23-21-32)46(51)52-4)44-31-29-42(50-44)36(19-16-13-10-7-3)40-27-25-38(34)48-40/h20-31H,5-19H2,1-4H3. The minimum Gasteiger partial charge on any atom is -0.465 e. The molecule has 0 fully saturated rings. The van der Waals surface area contributed by atoms with Crippen LogP contribution >= 0.6 is 0 Å². The van der Waals surface area contributed by atoms with E-state index >= 15 is 0 Å². The van der Waals surface area contributed by atoms with Gasteiger partial charge in [-0.25, -0.2) is 24.8 Å². The number of carbonyl (C=O) groups excluding carboxylic acids is 1. The van der Waals surface area contributed by atoms with Crippen LogP contribution < -0.4 is 0 Å². The largest absolute Gasteiger partial charge is 0.465 e. The Bertz CT molecular complexity index is 1900. The van der Waals surface area contributed by atoms with Crippen molar-refractivity contribution in [2.45, 2.75) is 117 Å². The zero-order valence-electron chi connectivity index (χ0n) is 31.6. The first-order valence-electron chi connectivity index (χ1n) is 19.8. The fraction of sp³-hybridized carbons (Fsp3) is 0.413. The Balaban J connectivity index is 1.53. The van der Waals surface area contributed by atoms with E-state index in [0.29, 0.717) is 5.56 Å². The second kappa shape index (κ2) is 18.2. The number of allylic oxidation sites excluding steroid dienone is 12. The molecule has 6 nitrogen and oxygen atoms in total. The molecule has 6 heteroatoms. The maximum atomic E-state index is 12.3. The molecule has 0 aromatic heterocycles. The van der Waals surface area contributed by atoms with E-state index in [0.717, 1.165) is 95.3 Å². The van der Waals surface area contributed by atoms with Crippen molar-refractivity contribution in [1.29, 1.82) is 0 Å². The molecule has 52 heavy (non-hydrogen) atoms. The van der Waals surface area contributed by atoms with Gasteiger partial charge in [0.2, 0.25) is 0 Å². The van der Waals surface area contributed by atoms with Gasteiger partial charge < -0.3 is 4.74 Å². The molecule has 1 aromatic carbocycles. The lowest BCUT2D eigenvalue weighted by Gasteiger charge is -2.12. The van der Waals surface area contributed by atoms with Crippen LogP contribution in [0.3, 0.4) is 0 Å². The van der Waals surface area contributed by atoms with Crippen LogP contribution in [0.2, 0.25) is 0 Å². The number of fused-ring (bicyclic) bond motifs is 4. The molecule has 0 unspecified atom stereocenters. The first kappa shape index (κ1) is 37.1. The minimum atomic E-state index is -0.355. The number of nitrogens with zero attached hydrogens (tertiary/aromatic N) is 4. The Morgan fingerprint density at radius 1 is 0.481 bits per heavy atom. The summed E-state index contributed by atoms with van der Waals surface area (Å²) in [6.07, 6.45) is 34.2. The Morgan fingerprint density at radius 2 is 0.865 bits per heavy atom. The smallest absolute Gasteiger partial charge is 0.337 e. The van der Waals surface area contributed by atoms with Crippen molar-refractivity contribution in [3.8, 4) is 0 Å². The second-order valence-electron chi connectivity index (χ2n) is 14.2. The molecule has 270 valence electrons. The summed E-state index contributed by atoms with van der Waals surface area (Å²) in [4.78, 5) is 33.7. The van der Waals surface area contributed by atoms with Gasteiger partial charge in [0.15, 0.2) is 0 Å². The van der Waals surface area contributed by atoms with Crippen LogP contribution in [0.15, 0.2) is 132 Å². The average molecular weight is 695 g/mol. The third kappa shape index (κ3) is 8.66. The molecule has 5 heterocycles. The van der Waals surface area contributed by atoms with E-state index in [9.17, 15) is 4.79 Å². The lowest BCUT2D eigenvalue weighted by atomic mass is 9.97. The van der Waals surface area contributed by atoms with Crippen molar-refractivity contribution >= 4 is 34.4 Å². The van der Waals surface area contributed by atoms with Crippen molar-refractivity contribution in [1.82, 2.24) is 0 Å². The molecule has 5 aliphatic rings. The van der Waals surface area contributed by atoms with Crippen LogP contribution in [0.25, 0.3) is 5.57 Å². The van der Waals surface area contributed by atoms with Crippen LogP contribution in [-0.4, -0.2) is 35.9 Å². The van der Waals surface area contributed by atoms with Crippen LogP contribution in [0.1, 0.15) is 133 Å². The number of aliphatic imine (C=N–C) groups is 4. The number of esters is 1. The number of hydrogen-bond donors (Lipinski definition) is 0. The zero-order chi connectivity index (χ0) is 36.3. The van der Waals surface area contributed by atoms with Gasteiger partial charge in [-0.05, 0) is 105 Å². The highest BCUT2D eigenvalue weighted by molar-refractivity contribution is 6.33. The van der Waals surface area contributed by atoms with E-state index in [1.54, 1.807) is 0 Å². The maximum Gasteiger partial charge on any atom is 0.337 e. The summed E-state index contributed by atoms with van der Waals surface area (Å²) in [7, 11) is 1.41. The van der Waals surface area contributed by atoms with Gasteiger partial charge in [0, 0.05) is 22.3 Å². The zero-order valence-corrected chi connectivity index (χ0v) is 31.6. The average Bonchev–Trinajstić information content (AvgIpc) is 4.01. The van der Waals surface area contributed by atoms with E-state index in [1.807, 2.05) is 24.3 Å². The van der Waals surface area contributed by atoms with Gasteiger partial charge >= 0.3 is 5.97 Å².